The smallest absolute Gasteiger partial charge is 0.253 e. The second-order valence-corrected chi connectivity index (χ2v) is 6.59. The molecule has 2 rings (SSSR count). The molecule has 1 aliphatic rings. The van der Waals surface area contributed by atoms with Crippen LogP contribution in [-0.2, 0) is 4.79 Å². The molecule has 1 aromatic rings. The minimum Gasteiger partial charge on any atom is -0.370 e. The van der Waals surface area contributed by atoms with Gasteiger partial charge in [-0.2, -0.15) is 4.99 Å². The topological polar surface area (TPSA) is 81.5 Å². The van der Waals surface area contributed by atoms with Crippen molar-refractivity contribution in [2.75, 3.05) is 0 Å². The maximum absolute atomic E-state index is 13.8. The Morgan fingerprint density at radius 2 is 1.95 bits per heavy atom. The molecule has 21 heavy (non-hydrogen) atoms. The number of aliphatic imine (C=N–C) groups is 1. The van der Waals surface area contributed by atoms with Crippen LogP contribution in [0, 0.1) is 17.2 Å². The Kier molecular flexibility index (Phi) is 3.78. The molecule has 0 unspecified atom stereocenters. The summed E-state index contributed by atoms with van der Waals surface area (Å²) in [7, 11) is 0. The van der Waals surface area contributed by atoms with Gasteiger partial charge in [0.25, 0.3) is 5.91 Å². The number of amides is 1. The quantitative estimate of drug-likeness (QED) is 0.663. The number of halogens is 1. The van der Waals surface area contributed by atoms with Gasteiger partial charge in [0, 0.05) is 5.92 Å². The number of carbonyl (C=O) groups is 1. The number of nitrogens with zero attached hydrogens (tertiary/aromatic N) is 1. The molecule has 0 saturated heterocycles. The van der Waals surface area contributed by atoms with Gasteiger partial charge in [-0.05, 0) is 28.5 Å². The monoisotopic (exact) mass is 291 g/mol. The zero-order valence-electron chi connectivity index (χ0n) is 12.9. The molecule has 1 fully saturated rings. The number of nitrogens with two attached hydrogens (primary N) is 2. The lowest BCUT2D eigenvalue weighted by Crippen LogP contribution is -2.25. The summed E-state index contributed by atoms with van der Waals surface area (Å²) in [5.41, 5.74) is 12.0. The van der Waals surface area contributed by atoms with Crippen molar-refractivity contribution in [3.8, 4) is 0 Å². The number of rotatable bonds is 3. The highest BCUT2D eigenvalue weighted by molar-refractivity contribution is 5.95. The third-order valence-corrected chi connectivity index (χ3v) is 4.33. The van der Waals surface area contributed by atoms with E-state index in [-0.39, 0.29) is 40.9 Å². The first kappa shape index (κ1) is 15.5. The van der Waals surface area contributed by atoms with Crippen molar-refractivity contribution in [3.63, 3.8) is 0 Å². The molecule has 0 spiro atoms. The highest BCUT2D eigenvalue weighted by atomic mass is 19.1. The average Bonchev–Trinajstić information content (AvgIpc) is 2.91. The summed E-state index contributed by atoms with van der Waals surface area (Å²) in [5, 5.41) is 0. The van der Waals surface area contributed by atoms with Crippen molar-refractivity contribution in [1.29, 1.82) is 0 Å². The van der Waals surface area contributed by atoms with E-state index in [4.69, 9.17) is 11.5 Å². The Morgan fingerprint density at radius 3 is 2.48 bits per heavy atom. The molecule has 0 aliphatic heterocycles. The predicted molar refractivity (Wildman–Crippen MR) is 81.3 cm³/mol. The Labute approximate surface area is 124 Å². The van der Waals surface area contributed by atoms with E-state index in [9.17, 15) is 9.18 Å². The van der Waals surface area contributed by atoms with Gasteiger partial charge in [0.1, 0.15) is 5.82 Å². The molecule has 0 aromatic heterocycles. The standard InChI is InChI=1S/C16H22FN3O/c1-8(2)10-7-9(5-6-11(10)17)12-13(16(12,3)4)14(21)20-15(18)19/h5-8,12-13H,1-4H3,(H4,18,19,20,21)/t12-,13+/m0/s1. The van der Waals surface area contributed by atoms with Gasteiger partial charge in [-0.15, -0.1) is 0 Å². The Balaban J connectivity index is 2.33. The van der Waals surface area contributed by atoms with Crippen molar-refractivity contribution in [1.82, 2.24) is 0 Å². The van der Waals surface area contributed by atoms with Crippen molar-refractivity contribution >= 4 is 11.9 Å². The number of benzene rings is 1. The first-order chi connectivity index (χ1) is 9.66. The van der Waals surface area contributed by atoms with Gasteiger partial charge in [0.15, 0.2) is 5.96 Å². The van der Waals surface area contributed by atoms with Crippen LogP contribution >= 0.6 is 0 Å². The number of carbonyl (C=O) groups excluding carboxylic acids is 1. The molecule has 4 N–H and O–H groups in total. The highest BCUT2D eigenvalue weighted by Gasteiger charge is 2.62. The fourth-order valence-corrected chi connectivity index (χ4v) is 3.12. The number of guanidine groups is 1. The maximum atomic E-state index is 13.8. The molecule has 1 saturated carbocycles. The molecular weight excluding hydrogens is 269 g/mol. The van der Waals surface area contributed by atoms with Gasteiger partial charge < -0.3 is 11.5 Å². The summed E-state index contributed by atoms with van der Waals surface area (Å²) < 4.78 is 13.8. The van der Waals surface area contributed by atoms with Crippen LogP contribution in [0.1, 0.15) is 50.7 Å². The Bertz CT molecular complexity index is 604. The molecular formula is C16H22FN3O. The van der Waals surface area contributed by atoms with Crippen LogP contribution in [0.2, 0.25) is 0 Å². The molecule has 0 radical (unpaired) electrons. The molecule has 114 valence electrons. The van der Waals surface area contributed by atoms with Crippen molar-refractivity contribution < 1.29 is 9.18 Å². The first-order valence-corrected chi connectivity index (χ1v) is 7.09. The zero-order valence-corrected chi connectivity index (χ0v) is 12.9. The van der Waals surface area contributed by atoms with E-state index >= 15 is 0 Å². The normalized spacial score (nSPS) is 23.0. The van der Waals surface area contributed by atoms with Gasteiger partial charge in [-0.3, -0.25) is 4.79 Å². The number of hydrogen-bond acceptors (Lipinski definition) is 1. The van der Waals surface area contributed by atoms with E-state index in [1.54, 1.807) is 6.07 Å². The molecule has 1 aromatic carbocycles. The third kappa shape index (κ3) is 2.77. The fourth-order valence-electron chi connectivity index (χ4n) is 3.12. The van der Waals surface area contributed by atoms with Crippen molar-refractivity contribution in [2.45, 2.75) is 39.5 Å². The van der Waals surface area contributed by atoms with E-state index in [1.165, 1.54) is 6.07 Å². The van der Waals surface area contributed by atoms with E-state index in [0.29, 0.717) is 5.56 Å². The molecule has 1 amide bonds. The van der Waals surface area contributed by atoms with Crippen LogP contribution in [0.4, 0.5) is 4.39 Å². The van der Waals surface area contributed by atoms with E-state index in [2.05, 4.69) is 4.99 Å². The lowest BCUT2D eigenvalue weighted by molar-refractivity contribution is -0.119. The molecule has 1 aliphatic carbocycles. The SMILES string of the molecule is CC(C)c1cc([C@H]2[C@H](C(=O)N=C(N)N)C2(C)C)ccc1F. The van der Waals surface area contributed by atoms with Crippen LogP contribution in [0.25, 0.3) is 0 Å². The lowest BCUT2D eigenvalue weighted by Gasteiger charge is -2.10. The highest BCUT2D eigenvalue weighted by Crippen LogP contribution is 2.65. The van der Waals surface area contributed by atoms with E-state index in [0.717, 1.165) is 5.56 Å². The zero-order chi connectivity index (χ0) is 15.9. The van der Waals surface area contributed by atoms with Crippen molar-refractivity contribution in [2.24, 2.45) is 27.8 Å². The van der Waals surface area contributed by atoms with E-state index in [1.807, 2.05) is 33.8 Å². The lowest BCUT2D eigenvalue weighted by atomic mass is 9.96. The van der Waals surface area contributed by atoms with Crippen LogP contribution in [0.3, 0.4) is 0 Å². The van der Waals surface area contributed by atoms with Crippen LogP contribution in [-0.4, -0.2) is 11.9 Å². The van der Waals surface area contributed by atoms with Gasteiger partial charge in [-0.25, -0.2) is 4.39 Å². The van der Waals surface area contributed by atoms with E-state index < -0.39 is 0 Å². The van der Waals surface area contributed by atoms with Gasteiger partial charge in [-0.1, -0.05) is 39.8 Å². The minimum atomic E-state index is -0.305. The summed E-state index contributed by atoms with van der Waals surface area (Å²) >= 11 is 0. The molecule has 5 heteroatoms. The van der Waals surface area contributed by atoms with Gasteiger partial charge in [0.2, 0.25) is 0 Å². The predicted octanol–water partition coefficient (Wildman–Crippen LogP) is 2.49. The third-order valence-electron chi connectivity index (χ3n) is 4.33. The van der Waals surface area contributed by atoms with Gasteiger partial charge >= 0.3 is 0 Å². The summed E-state index contributed by atoms with van der Waals surface area (Å²) in [6, 6.07) is 5.08. The van der Waals surface area contributed by atoms with Crippen LogP contribution in [0.15, 0.2) is 23.2 Å². The average molecular weight is 291 g/mol. The minimum absolute atomic E-state index is 0.0196. The molecule has 0 heterocycles. The fraction of sp³-hybridized carbons (Fsp3) is 0.500. The van der Waals surface area contributed by atoms with Gasteiger partial charge in [0.05, 0.1) is 5.92 Å². The Hall–Kier alpha value is -1.91. The Morgan fingerprint density at radius 1 is 1.33 bits per heavy atom. The van der Waals surface area contributed by atoms with Crippen LogP contribution in [0.5, 0.6) is 0 Å². The van der Waals surface area contributed by atoms with Crippen LogP contribution < -0.4 is 11.5 Å². The van der Waals surface area contributed by atoms with Crippen molar-refractivity contribution in [3.05, 3.63) is 35.1 Å². The molecule has 0 bridgehead atoms. The summed E-state index contributed by atoms with van der Waals surface area (Å²) in [4.78, 5) is 15.7. The first-order valence-electron chi connectivity index (χ1n) is 7.09. The number of hydrogen-bond donors (Lipinski definition) is 2. The second kappa shape index (κ2) is 5.13. The second-order valence-electron chi connectivity index (χ2n) is 6.59. The summed E-state index contributed by atoms with van der Waals surface area (Å²) in [6.07, 6.45) is 0. The summed E-state index contributed by atoms with van der Waals surface area (Å²) in [5.74, 6) is -0.877. The summed E-state index contributed by atoms with van der Waals surface area (Å²) in [6.45, 7) is 7.90. The maximum Gasteiger partial charge on any atom is 0.253 e. The molecule has 4 nitrogen and oxygen atoms in total. The largest absolute Gasteiger partial charge is 0.370 e. The molecule has 2 atom stereocenters.